The van der Waals surface area contributed by atoms with Crippen molar-refractivity contribution in [2.45, 2.75) is 32.5 Å². The highest BCUT2D eigenvalue weighted by molar-refractivity contribution is 6.02. The van der Waals surface area contributed by atoms with E-state index in [1.165, 1.54) is 24.3 Å². The molecule has 3 amide bonds. The summed E-state index contributed by atoms with van der Waals surface area (Å²) in [5, 5.41) is 15.3. The van der Waals surface area contributed by atoms with Crippen LogP contribution in [0.4, 0.5) is 20.6 Å². The molecular formula is C31H35FN4O6. The number of hydrogen-bond acceptors (Lipinski definition) is 7. The molecule has 3 N–H and O–H groups in total. The molecule has 2 aliphatic heterocycles. The van der Waals surface area contributed by atoms with E-state index >= 15 is 0 Å². The highest BCUT2D eigenvalue weighted by Gasteiger charge is 2.33. The van der Waals surface area contributed by atoms with Crippen molar-refractivity contribution in [3.8, 4) is 17.2 Å². The number of aliphatic hydroxyl groups excluding tert-OH is 1. The number of halogens is 1. The lowest BCUT2D eigenvalue weighted by molar-refractivity contribution is 0.0341. The molecule has 0 unspecified atom stereocenters. The average molecular weight is 579 g/mol. The Morgan fingerprint density at radius 2 is 1.74 bits per heavy atom. The number of amides is 3. The van der Waals surface area contributed by atoms with E-state index in [4.69, 9.17) is 14.2 Å². The van der Waals surface area contributed by atoms with Crippen molar-refractivity contribution in [1.29, 1.82) is 0 Å². The van der Waals surface area contributed by atoms with Gasteiger partial charge in [-0.05, 0) is 74.1 Å². The van der Waals surface area contributed by atoms with Gasteiger partial charge >= 0.3 is 6.03 Å². The molecule has 0 spiro atoms. The fourth-order valence-electron chi connectivity index (χ4n) is 5.07. The van der Waals surface area contributed by atoms with Crippen molar-refractivity contribution in [2.24, 2.45) is 5.92 Å². The number of aliphatic hydroxyl groups is 1. The van der Waals surface area contributed by atoms with E-state index in [1.807, 2.05) is 32.2 Å². The first-order valence-corrected chi connectivity index (χ1v) is 13.8. The van der Waals surface area contributed by atoms with Crippen molar-refractivity contribution in [1.82, 2.24) is 9.80 Å². The number of carbonyl (C=O) groups is 2. The molecule has 3 aromatic rings. The maximum absolute atomic E-state index is 13.7. The van der Waals surface area contributed by atoms with Crippen LogP contribution < -0.4 is 24.8 Å². The Labute approximate surface area is 244 Å². The predicted molar refractivity (Wildman–Crippen MR) is 156 cm³/mol. The second-order valence-corrected chi connectivity index (χ2v) is 10.8. The van der Waals surface area contributed by atoms with Gasteiger partial charge in [0.2, 0.25) is 6.79 Å². The summed E-state index contributed by atoms with van der Waals surface area (Å²) in [5.74, 6) is 1.11. The van der Waals surface area contributed by atoms with Crippen molar-refractivity contribution in [3.63, 3.8) is 0 Å². The fraction of sp³-hybridized carbons (Fsp3) is 0.355. The maximum Gasteiger partial charge on any atom is 0.323 e. The van der Waals surface area contributed by atoms with Gasteiger partial charge in [-0.1, -0.05) is 13.0 Å². The summed E-state index contributed by atoms with van der Waals surface area (Å²) in [7, 11) is 2.01. The van der Waals surface area contributed by atoms with Crippen LogP contribution in [0, 0.1) is 11.7 Å². The molecule has 0 fully saturated rings. The Hall–Kier alpha value is -4.35. The smallest absolute Gasteiger partial charge is 0.323 e. The molecule has 0 saturated carbocycles. The molecule has 0 saturated heterocycles. The number of benzene rings is 3. The summed E-state index contributed by atoms with van der Waals surface area (Å²) >= 11 is 0. The maximum atomic E-state index is 13.7. The van der Waals surface area contributed by atoms with Gasteiger partial charge in [-0.2, -0.15) is 0 Å². The minimum Gasteiger partial charge on any atom is -0.488 e. The van der Waals surface area contributed by atoms with Gasteiger partial charge in [-0.3, -0.25) is 9.69 Å². The van der Waals surface area contributed by atoms with Crippen LogP contribution in [0.15, 0.2) is 60.7 Å². The molecule has 3 aromatic carbocycles. The van der Waals surface area contributed by atoms with E-state index in [1.54, 1.807) is 30.0 Å². The lowest BCUT2D eigenvalue weighted by Crippen LogP contribution is -2.49. The highest BCUT2D eigenvalue weighted by Crippen LogP contribution is 2.34. The molecule has 2 aliphatic rings. The summed E-state index contributed by atoms with van der Waals surface area (Å²) in [6.07, 6.45) is -0.273. The molecule has 11 heteroatoms. The van der Waals surface area contributed by atoms with Crippen LogP contribution in [0.5, 0.6) is 17.2 Å². The second kappa shape index (κ2) is 12.7. The van der Waals surface area contributed by atoms with Crippen molar-refractivity contribution >= 4 is 23.3 Å². The summed E-state index contributed by atoms with van der Waals surface area (Å²) < 4.78 is 30.6. The van der Waals surface area contributed by atoms with Crippen LogP contribution in [-0.4, -0.2) is 72.5 Å². The number of hydrogen-bond donors (Lipinski definition) is 3. The molecule has 5 rings (SSSR count). The number of ether oxygens (including phenoxy) is 3. The normalized spacial score (nSPS) is 18.5. The molecule has 3 atom stereocenters. The third kappa shape index (κ3) is 6.75. The van der Waals surface area contributed by atoms with Gasteiger partial charge in [0.05, 0.1) is 18.2 Å². The monoisotopic (exact) mass is 578 g/mol. The molecule has 0 radical (unpaired) electrons. The number of urea groups is 1. The number of nitrogens with zero attached hydrogens (tertiary/aromatic N) is 2. The summed E-state index contributed by atoms with van der Waals surface area (Å²) in [6.45, 7) is 5.46. The van der Waals surface area contributed by atoms with E-state index < -0.39 is 17.9 Å². The number of likely N-dealkylation sites (N-methyl/N-ethyl adjacent to an activating group) is 1. The molecule has 10 nitrogen and oxygen atoms in total. The summed E-state index contributed by atoms with van der Waals surface area (Å²) in [6, 6.07) is 15.2. The van der Waals surface area contributed by atoms with Crippen LogP contribution in [0.3, 0.4) is 0 Å². The van der Waals surface area contributed by atoms with Crippen LogP contribution in [0.1, 0.15) is 29.8 Å². The molecule has 0 aromatic heterocycles. The number of nitrogens with one attached hydrogen (secondary N) is 2. The lowest BCUT2D eigenvalue weighted by Gasteiger charge is -2.38. The Balaban J connectivity index is 1.34. The largest absolute Gasteiger partial charge is 0.488 e. The van der Waals surface area contributed by atoms with E-state index in [0.717, 1.165) is 17.1 Å². The zero-order chi connectivity index (χ0) is 29.8. The summed E-state index contributed by atoms with van der Waals surface area (Å²) in [4.78, 5) is 30.1. The van der Waals surface area contributed by atoms with Gasteiger partial charge in [0.25, 0.3) is 5.91 Å². The molecule has 0 bridgehead atoms. The van der Waals surface area contributed by atoms with Crippen molar-refractivity contribution in [3.05, 3.63) is 77.6 Å². The Kier molecular flexibility index (Phi) is 8.79. The topological polar surface area (TPSA) is 113 Å². The zero-order valence-corrected chi connectivity index (χ0v) is 23.8. The molecular weight excluding hydrogens is 543 g/mol. The summed E-state index contributed by atoms with van der Waals surface area (Å²) in [5.41, 5.74) is 2.16. The van der Waals surface area contributed by atoms with Gasteiger partial charge in [-0.25, -0.2) is 9.18 Å². The quantitative estimate of drug-likeness (QED) is 0.360. The zero-order valence-electron chi connectivity index (χ0n) is 23.8. The Morgan fingerprint density at radius 3 is 2.50 bits per heavy atom. The highest BCUT2D eigenvalue weighted by atomic mass is 19.1. The van der Waals surface area contributed by atoms with Crippen LogP contribution in [-0.2, 0) is 6.54 Å². The van der Waals surface area contributed by atoms with E-state index in [9.17, 15) is 19.1 Å². The third-order valence-corrected chi connectivity index (χ3v) is 7.41. The first-order valence-electron chi connectivity index (χ1n) is 13.8. The van der Waals surface area contributed by atoms with Crippen molar-refractivity contribution < 1.29 is 33.3 Å². The number of fused-ring (bicyclic) bond motifs is 2. The van der Waals surface area contributed by atoms with Gasteiger partial charge in [0.1, 0.15) is 17.7 Å². The minimum absolute atomic E-state index is 0.0467. The Morgan fingerprint density at radius 1 is 1.05 bits per heavy atom. The SMILES string of the molecule is C[C@@H]1CN([C@@H](C)CO)C(=O)c2cc(NC(=O)Nc3ccc(F)cc3)ccc2O[C@H]1CN(C)Cc1ccc2c(c1)OCO2. The Bertz CT molecular complexity index is 1440. The molecule has 222 valence electrons. The average Bonchev–Trinajstić information content (AvgIpc) is 3.44. The second-order valence-electron chi connectivity index (χ2n) is 10.8. The van der Waals surface area contributed by atoms with Gasteiger partial charge < -0.3 is 34.9 Å². The van der Waals surface area contributed by atoms with Crippen LogP contribution in [0.25, 0.3) is 0 Å². The van der Waals surface area contributed by atoms with Crippen LogP contribution >= 0.6 is 0 Å². The van der Waals surface area contributed by atoms with Crippen molar-refractivity contribution in [2.75, 3.05) is 44.2 Å². The van der Waals surface area contributed by atoms with Crippen LogP contribution in [0.2, 0.25) is 0 Å². The molecule has 2 heterocycles. The number of anilines is 2. The minimum atomic E-state index is -0.544. The number of rotatable bonds is 8. The number of carbonyl (C=O) groups excluding carboxylic acids is 2. The third-order valence-electron chi connectivity index (χ3n) is 7.41. The van der Waals surface area contributed by atoms with Gasteiger partial charge in [0.15, 0.2) is 11.5 Å². The first-order chi connectivity index (χ1) is 20.2. The van der Waals surface area contributed by atoms with E-state index in [0.29, 0.717) is 36.8 Å². The standard InChI is InChI=1S/C31H35FN4O6/c1-19-14-36(20(2)17-37)30(38)25-13-24(34-31(39)33-23-7-5-22(32)6-8-23)9-11-26(25)42-29(19)16-35(3)15-21-4-10-27-28(12-21)41-18-40-27/h4-13,19-20,29,37H,14-18H2,1-3H3,(H2,33,34,39)/t19-,20+,29+/m1/s1. The lowest BCUT2D eigenvalue weighted by atomic mass is 9.99. The molecule has 42 heavy (non-hydrogen) atoms. The van der Waals surface area contributed by atoms with Gasteiger partial charge in [0, 0.05) is 36.9 Å². The first kappa shape index (κ1) is 29.2. The van der Waals surface area contributed by atoms with Gasteiger partial charge in [-0.15, -0.1) is 0 Å². The fourth-order valence-corrected chi connectivity index (χ4v) is 5.07. The molecule has 0 aliphatic carbocycles. The van der Waals surface area contributed by atoms with E-state index in [-0.39, 0.29) is 36.9 Å². The van der Waals surface area contributed by atoms with E-state index in [2.05, 4.69) is 15.5 Å². The predicted octanol–water partition coefficient (Wildman–Crippen LogP) is 4.55.